The van der Waals surface area contributed by atoms with Gasteiger partial charge in [-0.05, 0) is 0 Å². The van der Waals surface area contributed by atoms with Crippen LogP contribution in [0.25, 0.3) is 5.65 Å². The van der Waals surface area contributed by atoms with Gasteiger partial charge < -0.3 is 5.11 Å². The molecule has 0 saturated carbocycles. The number of nitrogens with zero attached hydrogens (tertiary/aromatic N) is 3. The molecular formula is C8H7F2N3O. The molecule has 0 aliphatic carbocycles. The first-order valence-corrected chi connectivity index (χ1v) is 3.94. The lowest BCUT2D eigenvalue weighted by Gasteiger charge is -2.08. The first kappa shape index (κ1) is 9.01. The number of aliphatic hydroxyl groups excluding tert-OH is 1. The lowest BCUT2D eigenvalue weighted by molar-refractivity contribution is -0.00622. The molecule has 1 atom stereocenters. The third-order valence-electron chi connectivity index (χ3n) is 1.85. The van der Waals surface area contributed by atoms with Crippen LogP contribution in [-0.2, 0) is 0 Å². The standard InChI is InChI=1S/C8H7F2N3O/c9-8(10)7(14)5-3-11-6-1-2-12-13(6)4-5/h1-4,7-8,14H. The molecule has 2 aromatic heterocycles. The van der Waals surface area contributed by atoms with Crippen molar-refractivity contribution in [2.75, 3.05) is 0 Å². The number of fused-ring (bicyclic) bond motifs is 1. The molecule has 0 aliphatic heterocycles. The van der Waals surface area contributed by atoms with E-state index in [9.17, 15) is 8.78 Å². The van der Waals surface area contributed by atoms with Crippen LogP contribution >= 0.6 is 0 Å². The van der Waals surface area contributed by atoms with Crippen LogP contribution in [0.1, 0.15) is 11.7 Å². The van der Waals surface area contributed by atoms with Gasteiger partial charge >= 0.3 is 0 Å². The Bertz CT molecular complexity index is 443. The Morgan fingerprint density at radius 1 is 1.43 bits per heavy atom. The summed E-state index contributed by atoms with van der Waals surface area (Å²) in [5, 5.41) is 12.9. The second-order valence-corrected chi connectivity index (χ2v) is 2.80. The number of rotatable bonds is 2. The maximum absolute atomic E-state index is 12.1. The molecular weight excluding hydrogens is 192 g/mol. The van der Waals surface area contributed by atoms with Gasteiger partial charge in [-0.25, -0.2) is 18.3 Å². The van der Waals surface area contributed by atoms with Crippen molar-refractivity contribution >= 4 is 5.65 Å². The van der Waals surface area contributed by atoms with Gasteiger partial charge in [0.05, 0.1) is 6.20 Å². The fraction of sp³-hybridized carbons (Fsp3) is 0.250. The van der Waals surface area contributed by atoms with E-state index >= 15 is 0 Å². The summed E-state index contributed by atoms with van der Waals surface area (Å²) in [6.07, 6.45) is -0.575. The van der Waals surface area contributed by atoms with Crippen molar-refractivity contribution in [2.24, 2.45) is 0 Å². The van der Waals surface area contributed by atoms with Gasteiger partial charge in [-0.1, -0.05) is 0 Å². The highest BCUT2D eigenvalue weighted by Gasteiger charge is 2.19. The molecule has 0 amide bonds. The van der Waals surface area contributed by atoms with Crippen molar-refractivity contribution in [3.8, 4) is 0 Å². The normalized spacial score (nSPS) is 13.7. The maximum Gasteiger partial charge on any atom is 0.268 e. The van der Waals surface area contributed by atoms with Gasteiger partial charge in [-0.2, -0.15) is 5.10 Å². The summed E-state index contributed by atoms with van der Waals surface area (Å²) in [6, 6.07) is 1.64. The van der Waals surface area contributed by atoms with Crippen molar-refractivity contribution < 1.29 is 13.9 Å². The largest absolute Gasteiger partial charge is 0.382 e. The fourth-order valence-electron chi connectivity index (χ4n) is 1.12. The number of halogens is 2. The second-order valence-electron chi connectivity index (χ2n) is 2.80. The number of hydrogen-bond acceptors (Lipinski definition) is 3. The highest BCUT2D eigenvalue weighted by Crippen LogP contribution is 2.19. The minimum absolute atomic E-state index is 0.0520. The van der Waals surface area contributed by atoms with Crippen molar-refractivity contribution in [1.29, 1.82) is 0 Å². The third-order valence-corrected chi connectivity index (χ3v) is 1.85. The van der Waals surface area contributed by atoms with Crippen LogP contribution in [0.3, 0.4) is 0 Å². The summed E-state index contributed by atoms with van der Waals surface area (Å²) >= 11 is 0. The molecule has 1 N–H and O–H groups in total. The molecule has 74 valence electrons. The van der Waals surface area contributed by atoms with E-state index in [1.165, 1.54) is 23.1 Å². The van der Waals surface area contributed by atoms with E-state index in [0.717, 1.165) is 0 Å². The van der Waals surface area contributed by atoms with Crippen molar-refractivity contribution in [3.05, 3.63) is 30.2 Å². The van der Waals surface area contributed by atoms with Crippen LogP contribution in [-0.4, -0.2) is 26.1 Å². The smallest absolute Gasteiger partial charge is 0.268 e. The molecule has 2 aromatic rings. The molecule has 0 saturated heterocycles. The molecule has 1 unspecified atom stereocenters. The minimum Gasteiger partial charge on any atom is -0.382 e. The summed E-state index contributed by atoms with van der Waals surface area (Å²) in [6.45, 7) is 0. The first-order valence-electron chi connectivity index (χ1n) is 3.94. The maximum atomic E-state index is 12.1. The average Bonchev–Trinajstić information content (AvgIpc) is 2.62. The van der Waals surface area contributed by atoms with Crippen LogP contribution in [0.2, 0.25) is 0 Å². The van der Waals surface area contributed by atoms with Gasteiger partial charge in [0, 0.05) is 24.0 Å². The van der Waals surface area contributed by atoms with E-state index in [2.05, 4.69) is 10.1 Å². The summed E-state index contributed by atoms with van der Waals surface area (Å²) in [5.41, 5.74) is 0.603. The van der Waals surface area contributed by atoms with E-state index in [0.29, 0.717) is 5.65 Å². The van der Waals surface area contributed by atoms with Crippen molar-refractivity contribution in [2.45, 2.75) is 12.5 Å². The Labute approximate surface area is 77.8 Å². The predicted octanol–water partition coefficient (Wildman–Crippen LogP) is 1.03. The molecule has 0 aromatic carbocycles. The minimum atomic E-state index is -2.81. The molecule has 6 heteroatoms. The van der Waals surface area contributed by atoms with E-state index in [-0.39, 0.29) is 5.56 Å². The number of alkyl halides is 2. The van der Waals surface area contributed by atoms with Gasteiger partial charge in [0.2, 0.25) is 0 Å². The topological polar surface area (TPSA) is 50.4 Å². The zero-order valence-corrected chi connectivity index (χ0v) is 7.01. The van der Waals surface area contributed by atoms with Gasteiger partial charge in [0.25, 0.3) is 6.43 Å². The molecule has 0 radical (unpaired) electrons. The first-order chi connectivity index (χ1) is 6.68. The van der Waals surface area contributed by atoms with Crippen LogP contribution in [0.5, 0.6) is 0 Å². The Balaban J connectivity index is 2.43. The van der Waals surface area contributed by atoms with Crippen LogP contribution < -0.4 is 0 Å². The number of aromatic nitrogens is 3. The van der Waals surface area contributed by atoms with Crippen LogP contribution in [0.15, 0.2) is 24.7 Å². The van der Waals surface area contributed by atoms with Crippen molar-refractivity contribution in [1.82, 2.24) is 14.6 Å². The summed E-state index contributed by atoms with van der Waals surface area (Å²) in [7, 11) is 0. The van der Waals surface area contributed by atoms with Crippen LogP contribution in [0, 0.1) is 0 Å². The number of aliphatic hydroxyl groups is 1. The van der Waals surface area contributed by atoms with Gasteiger partial charge in [-0.15, -0.1) is 0 Å². The average molecular weight is 199 g/mol. The van der Waals surface area contributed by atoms with Gasteiger partial charge in [0.15, 0.2) is 5.65 Å². The van der Waals surface area contributed by atoms with Gasteiger partial charge in [0.1, 0.15) is 6.10 Å². The highest BCUT2D eigenvalue weighted by molar-refractivity contribution is 5.36. The SMILES string of the molecule is OC(c1cnc2ccnn2c1)C(F)F. The predicted molar refractivity (Wildman–Crippen MR) is 44.0 cm³/mol. The van der Waals surface area contributed by atoms with Gasteiger partial charge in [-0.3, -0.25) is 0 Å². The second kappa shape index (κ2) is 3.30. The lowest BCUT2D eigenvalue weighted by atomic mass is 10.2. The molecule has 4 nitrogen and oxygen atoms in total. The Hall–Kier alpha value is -1.56. The molecule has 14 heavy (non-hydrogen) atoms. The van der Waals surface area contributed by atoms with E-state index in [1.807, 2.05) is 0 Å². The quantitative estimate of drug-likeness (QED) is 0.785. The molecule has 0 aliphatic rings. The zero-order valence-electron chi connectivity index (χ0n) is 7.01. The Morgan fingerprint density at radius 3 is 2.93 bits per heavy atom. The lowest BCUT2D eigenvalue weighted by Crippen LogP contribution is -2.09. The third kappa shape index (κ3) is 1.44. The monoisotopic (exact) mass is 199 g/mol. The Morgan fingerprint density at radius 2 is 2.21 bits per heavy atom. The van der Waals surface area contributed by atoms with Crippen LogP contribution in [0.4, 0.5) is 8.78 Å². The molecule has 2 heterocycles. The molecule has 0 spiro atoms. The molecule has 0 bridgehead atoms. The number of hydrogen-bond donors (Lipinski definition) is 1. The summed E-state index contributed by atoms with van der Waals surface area (Å²) in [4.78, 5) is 3.85. The molecule has 2 rings (SSSR count). The zero-order chi connectivity index (χ0) is 10.1. The molecule has 0 fully saturated rings. The summed E-state index contributed by atoms with van der Waals surface area (Å²) < 4.78 is 25.6. The highest BCUT2D eigenvalue weighted by atomic mass is 19.3. The fourth-order valence-corrected chi connectivity index (χ4v) is 1.12. The Kier molecular flexibility index (Phi) is 2.12. The van der Waals surface area contributed by atoms with Crippen molar-refractivity contribution in [3.63, 3.8) is 0 Å². The van der Waals surface area contributed by atoms with E-state index in [1.54, 1.807) is 6.07 Å². The van der Waals surface area contributed by atoms with E-state index < -0.39 is 12.5 Å². The van der Waals surface area contributed by atoms with E-state index in [4.69, 9.17) is 5.11 Å². The summed E-state index contributed by atoms with van der Waals surface area (Å²) in [5.74, 6) is 0.